The Kier molecular flexibility index (Phi) is 3.53. The lowest BCUT2D eigenvalue weighted by atomic mass is 10.1. The average molecular weight is 290 g/mol. The molecule has 64 valence electrons. The van der Waals surface area contributed by atoms with E-state index in [4.69, 9.17) is 0 Å². The predicted molar refractivity (Wildman–Crippen MR) is 61.7 cm³/mol. The summed E-state index contributed by atoms with van der Waals surface area (Å²) in [7, 11) is 0. The van der Waals surface area contributed by atoms with Gasteiger partial charge in [-0.1, -0.05) is 50.6 Å². The number of benzene rings is 1. The second-order valence-corrected chi connectivity index (χ2v) is 4.12. The van der Waals surface area contributed by atoms with Crippen LogP contribution < -0.4 is 0 Å². The Morgan fingerprint density at radius 3 is 2.67 bits per heavy atom. The Hall–Kier alpha value is -0.0800. The van der Waals surface area contributed by atoms with Crippen LogP contribution in [0.25, 0.3) is 5.57 Å². The van der Waals surface area contributed by atoms with Crippen LogP contribution in [0.15, 0.2) is 29.3 Å². The van der Waals surface area contributed by atoms with Crippen LogP contribution in [-0.4, -0.2) is 5.33 Å². The Morgan fingerprint density at radius 1 is 1.50 bits per heavy atom. The molecule has 0 spiro atoms. The fraction of sp³-hybridized carbons (Fsp3) is 0.200. The molecule has 0 aliphatic carbocycles. The highest BCUT2D eigenvalue weighted by atomic mass is 79.9. The van der Waals surface area contributed by atoms with Crippen molar-refractivity contribution in [3.8, 4) is 0 Å². The molecule has 0 unspecified atom stereocenters. The molecular formula is C10H10Br2. The maximum Gasteiger partial charge on any atom is 0.0283 e. The van der Waals surface area contributed by atoms with Crippen LogP contribution in [0.2, 0.25) is 0 Å². The van der Waals surface area contributed by atoms with Crippen molar-refractivity contribution in [2.75, 3.05) is 5.33 Å². The summed E-state index contributed by atoms with van der Waals surface area (Å²) in [6.07, 6.45) is 0. The van der Waals surface area contributed by atoms with Gasteiger partial charge in [0.1, 0.15) is 0 Å². The maximum absolute atomic E-state index is 3.95. The van der Waals surface area contributed by atoms with E-state index in [1.165, 1.54) is 11.1 Å². The van der Waals surface area contributed by atoms with Gasteiger partial charge in [-0.25, -0.2) is 0 Å². The van der Waals surface area contributed by atoms with Crippen molar-refractivity contribution in [3.63, 3.8) is 0 Å². The molecule has 2 heteroatoms. The van der Waals surface area contributed by atoms with Crippen molar-refractivity contribution in [3.05, 3.63) is 40.4 Å². The van der Waals surface area contributed by atoms with E-state index in [9.17, 15) is 0 Å². The van der Waals surface area contributed by atoms with Crippen LogP contribution in [-0.2, 0) is 0 Å². The highest BCUT2D eigenvalue weighted by Gasteiger charge is 1.99. The second kappa shape index (κ2) is 4.24. The first-order valence-electron chi connectivity index (χ1n) is 3.65. The van der Waals surface area contributed by atoms with E-state index in [1.54, 1.807) is 0 Å². The van der Waals surface area contributed by atoms with Gasteiger partial charge < -0.3 is 0 Å². The van der Waals surface area contributed by atoms with E-state index in [0.29, 0.717) is 0 Å². The molecule has 0 saturated heterocycles. The van der Waals surface area contributed by atoms with Gasteiger partial charge in [-0.05, 0) is 29.7 Å². The van der Waals surface area contributed by atoms with E-state index in [-0.39, 0.29) is 0 Å². The molecule has 0 atom stereocenters. The van der Waals surface area contributed by atoms with E-state index >= 15 is 0 Å². The Bertz CT molecular complexity index is 303. The molecule has 0 saturated carbocycles. The van der Waals surface area contributed by atoms with Crippen LogP contribution in [0.5, 0.6) is 0 Å². The van der Waals surface area contributed by atoms with Crippen LogP contribution in [0.1, 0.15) is 11.1 Å². The average Bonchev–Trinajstić information content (AvgIpc) is 2.08. The number of allylic oxidation sites excluding steroid dienone is 1. The molecule has 0 nitrogen and oxygen atoms in total. The van der Waals surface area contributed by atoms with Crippen LogP contribution in [0.4, 0.5) is 0 Å². The molecule has 1 rings (SSSR count). The first kappa shape index (κ1) is 10.0. The van der Waals surface area contributed by atoms with Gasteiger partial charge in [0.2, 0.25) is 0 Å². The first-order chi connectivity index (χ1) is 5.65. The van der Waals surface area contributed by atoms with Gasteiger partial charge in [0.05, 0.1) is 0 Å². The normalized spacial score (nSPS) is 9.92. The summed E-state index contributed by atoms with van der Waals surface area (Å²) in [6, 6.07) is 6.27. The van der Waals surface area contributed by atoms with Gasteiger partial charge in [-0.15, -0.1) is 0 Å². The van der Waals surface area contributed by atoms with Crippen molar-refractivity contribution in [1.82, 2.24) is 0 Å². The van der Waals surface area contributed by atoms with Gasteiger partial charge in [-0.2, -0.15) is 0 Å². The number of rotatable bonds is 2. The monoisotopic (exact) mass is 288 g/mol. The number of hydrogen-bond donors (Lipinski definition) is 0. The SMILES string of the molecule is C=C(CBr)c1ccc(C)c(Br)c1. The summed E-state index contributed by atoms with van der Waals surface area (Å²) in [5.41, 5.74) is 3.54. The van der Waals surface area contributed by atoms with Crippen LogP contribution in [0, 0.1) is 6.92 Å². The van der Waals surface area contributed by atoms with Gasteiger partial charge in [0.15, 0.2) is 0 Å². The highest BCUT2D eigenvalue weighted by molar-refractivity contribution is 9.10. The Balaban J connectivity index is 3.05. The Morgan fingerprint density at radius 2 is 2.17 bits per heavy atom. The minimum absolute atomic E-state index is 0.822. The molecule has 0 aliphatic rings. The van der Waals surface area contributed by atoms with Crippen LogP contribution in [0.3, 0.4) is 0 Å². The van der Waals surface area contributed by atoms with E-state index in [2.05, 4.69) is 63.6 Å². The van der Waals surface area contributed by atoms with Crippen molar-refractivity contribution in [2.24, 2.45) is 0 Å². The third kappa shape index (κ3) is 2.20. The standard InChI is InChI=1S/C10H10Br2/c1-7-3-4-9(5-10(7)12)8(2)6-11/h3-5H,2,6H2,1H3. The zero-order valence-electron chi connectivity index (χ0n) is 6.90. The largest absolute Gasteiger partial charge is 0.0944 e. The second-order valence-electron chi connectivity index (χ2n) is 2.70. The van der Waals surface area contributed by atoms with Gasteiger partial charge in [0.25, 0.3) is 0 Å². The fourth-order valence-electron chi connectivity index (χ4n) is 0.890. The summed E-state index contributed by atoms with van der Waals surface area (Å²) in [4.78, 5) is 0. The third-order valence-corrected chi connectivity index (χ3v) is 3.27. The van der Waals surface area contributed by atoms with Crippen LogP contribution >= 0.6 is 31.9 Å². The van der Waals surface area contributed by atoms with Crippen molar-refractivity contribution in [1.29, 1.82) is 0 Å². The molecule has 0 bridgehead atoms. The predicted octanol–water partition coefficient (Wildman–Crippen LogP) is 4.17. The number of halogens is 2. The molecule has 1 aromatic carbocycles. The zero-order chi connectivity index (χ0) is 9.14. The molecule has 0 aliphatic heterocycles. The molecule has 12 heavy (non-hydrogen) atoms. The third-order valence-electron chi connectivity index (χ3n) is 1.74. The van der Waals surface area contributed by atoms with Gasteiger partial charge in [-0.3, -0.25) is 0 Å². The van der Waals surface area contributed by atoms with Crippen molar-refractivity contribution >= 4 is 37.4 Å². The molecule has 1 aromatic rings. The van der Waals surface area contributed by atoms with Crippen molar-refractivity contribution in [2.45, 2.75) is 6.92 Å². The number of aryl methyl sites for hydroxylation is 1. The minimum atomic E-state index is 0.822. The van der Waals surface area contributed by atoms with Gasteiger partial charge in [0, 0.05) is 9.80 Å². The van der Waals surface area contributed by atoms with E-state index in [1.807, 2.05) is 0 Å². The summed E-state index contributed by atoms with van der Waals surface area (Å²) in [5.74, 6) is 0. The topological polar surface area (TPSA) is 0 Å². The lowest BCUT2D eigenvalue weighted by Crippen LogP contribution is -1.84. The molecule has 0 aromatic heterocycles. The molecule has 0 radical (unpaired) electrons. The summed E-state index contributed by atoms with van der Waals surface area (Å²) >= 11 is 6.87. The van der Waals surface area contributed by atoms with Crippen molar-refractivity contribution < 1.29 is 0 Å². The fourth-order valence-corrected chi connectivity index (χ4v) is 1.59. The highest BCUT2D eigenvalue weighted by Crippen LogP contribution is 2.22. The molecule has 0 amide bonds. The summed E-state index contributed by atoms with van der Waals surface area (Å²) < 4.78 is 1.14. The lowest BCUT2D eigenvalue weighted by Gasteiger charge is -2.04. The smallest absolute Gasteiger partial charge is 0.0283 e. The number of hydrogen-bond acceptors (Lipinski definition) is 0. The maximum atomic E-state index is 3.95. The molecular weight excluding hydrogens is 280 g/mol. The molecule has 0 heterocycles. The van der Waals surface area contributed by atoms with Gasteiger partial charge >= 0.3 is 0 Å². The first-order valence-corrected chi connectivity index (χ1v) is 5.57. The van der Waals surface area contributed by atoms with E-state index < -0.39 is 0 Å². The zero-order valence-corrected chi connectivity index (χ0v) is 10.1. The number of alkyl halides is 1. The minimum Gasteiger partial charge on any atom is -0.0944 e. The summed E-state index contributed by atoms with van der Waals surface area (Å²) in [6.45, 7) is 6.02. The molecule has 0 fully saturated rings. The quantitative estimate of drug-likeness (QED) is 0.717. The molecule has 0 N–H and O–H groups in total. The van der Waals surface area contributed by atoms with E-state index in [0.717, 1.165) is 15.4 Å². The summed E-state index contributed by atoms with van der Waals surface area (Å²) in [5, 5.41) is 0.822. The lowest BCUT2D eigenvalue weighted by molar-refractivity contribution is 1.41. The Labute approximate surface area is 89.9 Å².